The van der Waals surface area contributed by atoms with Gasteiger partial charge in [0.2, 0.25) is 5.91 Å². The van der Waals surface area contributed by atoms with Crippen LogP contribution in [-0.4, -0.2) is 53.4 Å². The molecule has 0 radical (unpaired) electrons. The number of carbonyl (C=O) groups is 1. The quantitative estimate of drug-likeness (QED) is 0.761. The van der Waals surface area contributed by atoms with E-state index in [-0.39, 0.29) is 5.91 Å². The van der Waals surface area contributed by atoms with E-state index < -0.39 is 0 Å². The number of rotatable bonds is 6. The van der Waals surface area contributed by atoms with Crippen molar-refractivity contribution >= 4 is 23.1 Å². The summed E-state index contributed by atoms with van der Waals surface area (Å²) in [6, 6.07) is 0.570. The van der Waals surface area contributed by atoms with Crippen LogP contribution in [0.25, 0.3) is 0 Å². The zero-order chi connectivity index (χ0) is 15.3. The van der Waals surface area contributed by atoms with E-state index in [9.17, 15) is 4.79 Å². The van der Waals surface area contributed by atoms with E-state index in [1.54, 1.807) is 4.90 Å². The Kier molecular flexibility index (Phi) is 6.89. The number of hydrogen-bond donors (Lipinski definition) is 1. The maximum absolute atomic E-state index is 12.1. The number of nitrogens with two attached hydrogens (primary N) is 1. The summed E-state index contributed by atoms with van der Waals surface area (Å²) in [5.41, 5.74) is 5.47. The predicted molar refractivity (Wildman–Crippen MR) is 87.6 cm³/mol. The lowest BCUT2D eigenvalue weighted by Gasteiger charge is -2.41. The molecule has 20 heavy (non-hydrogen) atoms. The van der Waals surface area contributed by atoms with Gasteiger partial charge in [0.15, 0.2) is 0 Å². The number of likely N-dealkylation sites (tertiary alicyclic amines) is 1. The maximum atomic E-state index is 12.1. The summed E-state index contributed by atoms with van der Waals surface area (Å²) in [6.45, 7) is 9.46. The van der Waals surface area contributed by atoms with Gasteiger partial charge in [0.05, 0.1) is 4.99 Å². The molecule has 0 saturated carbocycles. The lowest BCUT2D eigenvalue weighted by molar-refractivity contribution is -0.130. The van der Waals surface area contributed by atoms with Gasteiger partial charge >= 0.3 is 0 Å². The summed E-state index contributed by atoms with van der Waals surface area (Å²) < 4.78 is 0. The van der Waals surface area contributed by atoms with Crippen molar-refractivity contribution in [2.75, 3.05) is 26.7 Å². The minimum atomic E-state index is 0.180. The fraction of sp³-hybridized carbons (Fsp3) is 0.867. The van der Waals surface area contributed by atoms with Crippen molar-refractivity contribution in [1.29, 1.82) is 0 Å². The normalized spacial score (nSPS) is 27.3. The zero-order valence-corrected chi connectivity index (χ0v) is 14.1. The first-order valence-electron chi connectivity index (χ1n) is 7.57. The summed E-state index contributed by atoms with van der Waals surface area (Å²) >= 11 is 4.84. The molecule has 0 spiro atoms. The van der Waals surface area contributed by atoms with Gasteiger partial charge in [0, 0.05) is 45.6 Å². The molecule has 5 heteroatoms. The van der Waals surface area contributed by atoms with Gasteiger partial charge in [0.1, 0.15) is 0 Å². The first-order chi connectivity index (χ1) is 9.31. The van der Waals surface area contributed by atoms with Gasteiger partial charge in [-0.05, 0) is 25.2 Å². The van der Waals surface area contributed by atoms with E-state index in [4.69, 9.17) is 18.0 Å². The molecule has 0 aromatic heterocycles. The molecule has 3 atom stereocenters. The molecule has 0 bridgehead atoms. The molecule has 1 aliphatic heterocycles. The van der Waals surface area contributed by atoms with Crippen LogP contribution in [0.1, 0.15) is 40.0 Å². The summed E-state index contributed by atoms with van der Waals surface area (Å²) in [7, 11) is 1.82. The highest BCUT2D eigenvalue weighted by Crippen LogP contribution is 2.26. The highest BCUT2D eigenvalue weighted by molar-refractivity contribution is 7.80. The van der Waals surface area contributed by atoms with Crippen LogP contribution in [0.3, 0.4) is 0 Å². The number of amides is 1. The molecule has 2 N–H and O–H groups in total. The van der Waals surface area contributed by atoms with Crippen molar-refractivity contribution in [3.8, 4) is 0 Å². The molecule has 0 aromatic rings. The lowest BCUT2D eigenvalue weighted by Crippen LogP contribution is -2.47. The molecular formula is C15H29N3OS. The van der Waals surface area contributed by atoms with Gasteiger partial charge in [-0.1, -0.05) is 26.1 Å². The van der Waals surface area contributed by atoms with Crippen LogP contribution in [0.2, 0.25) is 0 Å². The van der Waals surface area contributed by atoms with Crippen LogP contribution in [0.4, 0.5) is 0 Å². The average Bonchev–Trinajstić information content (AvgIpc) is 2.37. The molecule has 0 aliphatic carbocycles. The molecular weight excluding hydrogens is 270 g/mol. The summed E-state index contributed by atoms with van der Waals surface area (Å²) in [6.07, 6.45) is 2.48. The number of piperidine rings is 1. The number of hydrogen-bond acceptors (Lipinski definition) is 3. The van der Waals surface area contributed by atoms with Crippen LogP contribution in [0, 0.1) is 11.8 Å². The second-order valence-corrected chi connectivity index (χ2v) is 6.86. The second kappa shape index (κ2) is 7.93. The fourth-order valence-corrected chi connectivity index (χ4v) is 3.05. The van der Waals surface area contributed by atoms with E-state index in [2.05, 4.69) is 25.7 Å². The van der Waals surface area contributed by atoms with E-state index >= 15 is 0 Å². The monoisotopic (exact) mass is 299 g/mol. The van der Waals surface area contributed by atoms with E-state index in [0.717, 1.165) is 19.0 Å². The second-order valence-electron chi connectivity index (χ2n) is 6.34. The number of carbonyl (C=O) groups excluding carboxylic acids is 1. The van der Waals surface area contributed by atoms with Gasteiger partial charge in [-0.15, -0.1) is 0 Å². The molecule has 1 rings (SSSR count). The summed E-state index contributed by atoms with van der Waals surface area (Å²) in [4.78, 5) is 16.7. The standard InChI is InChI=1S/C15H29N3OS/c1-11-9-12(2)13(3)18(10-11)8-6-15(19)17(4)7-5-14(16)20/h11-13H,5-10H2,1-4H3,(H2,16,20). The summed E-state index contributed by atoms with van der Waals surface area (Å²) in [5, 5.41) is 0. The Balaban J connectivity index is 2.37. The van der Waals surface area contributed by atoms with Crippen LogP contribution < -0.4 is 5.73 Å². The molecule has 116 valence electrons. The van der Waals surface area contributed by atoms with Gasteiger partial charge in [-0.2, -0.15) is 0 Å². The predicted octanol–water partition coefficient (Wildman–Crippen LogP) is 1.88. The van der Waals surface area contributed by atoms with Gasteiger partial charge in [0.25, 0.3) is 0 Å². The smallest absolute Gasteiger partial charge is 0.223 e. The van der Waals surface area contributed by atoms with Gasteiger partial charge in [-0.3, -0.25) is 9.69 Å². The van der Waals surface area contributed by atoms with Crippen molar-refractivity contribution in [2.45, 2.75) is 46.1 Å². The Bertz CT molecular complexity index is 348. The number of nitrogens with zero attached hydrogens (tertiary/aromatic N) is 2. The highest BCUT2D eigenvalue weighted by atomic mass is 32.1. The van der Waals surface area contributed by atoms with Gasteiger partial charge < -0.3 is 10.6 Å². The first kappa shape index (κ1) is 17.4. The molecule has 1 aliphatic rings. The van der Waals surface area contributed by atoms with Crippen molar-refractivity contribution in [3.63, 3.8) is 0 Å². The average molecular weight is 299 g/mol. The minimum absolute atomic E-state index is 0.180. The highest BCUT2D eigenvalue weighted by Gasteiger charge is 2.28. The summed E-state index contributed by atoms with van der Waals surface area (Å²) in [5.74, 6) is 1.61. The molecule has 1 amide bonds. The minimum Gasteiger partial charge on any atom is -0.393 e. The Labute approximate surface area is 128 Å². The van der Waals surface area contributed by atoms with E-state index in [0.29, 0.717) is 36.3 Å². The van der Waals surface area contributed by atoms with Gasteiger partial charge in [-0.25, -0.2) is 0 Å². The third-order valence-corrected chi connectivity index (χ3v) is 4.66. The topological polar surface area (TPSA) is 49.6 Å². The Morgan fingerprint density at radius 3 is 2.60 bits per heavy atom. The van der Waals surface area contributed by atoms with Crippen LogP contribution in [-0.2, 0) is 4.79 Å². The molecule has 0 aromatic carbocycles. The van der Waals surface area contributed by atoms with Crippen molar-refractivity contribution in [1.82, 2.24) is 9.80 Å². The van der Waals surface area contributed by atoms with Crippen LogP contribution >= 0.6 is 12.2 Å². The van der Waals surface area contributed by atoms with E-state index in [1.165, 1.54) is 6.42 Å². The lowest BCUT2D eigenvalue weighted by atomic mass is 9.86. The van der Waals surface area contributed by atoms with Crippen molar-refractivity contribution in [3.05, 3.63) is 0 Å². The molecule has 1 fully saturated rings. The third-order valence-electron chi connectivity index (χ3n) is 4.45. The fourth-order valence-electron chi connectivity index (χ4n) is 2.96. The Morgan fingerprint density at radius 2 is 2.00 bits per heavy atom. The number of thiocarbonyl (C=S) groups is 1. The van der Waals surface area contributed by atoms with Crippen LogP contribution in [0.15, 0.2) is 0 Å². The Hall–Kier alpha value is -0.680. The molecule has 3 unspecified atom stereocenters. The Morgan fingerprint density at radius 1 is 1.35 bits per heavy atom. The maximum Gasteiger partial charge on any atom is 0.223 e. The molecule has 1 saturated heterocycles. The molecule has 4 nitrogen and oxygen atoms in total. The van der Waals surface area contributed by atoms with E-state index in [1.807, 2.05) is 7.05 Å². The van der Waals surface area contributed by atoms with Crippen LogP contribution in [0.5, 0.6) is 0 Å². The SMILES string of the molecule is CC1CC(C)C(C)N(CCC(=O)N(C)CCC(N)=S)C1. The third kappa shape index (κ3) is 5.37. The first-order valence-corrected chi connectivity index (χ1v) is 7.98. The molecule has 1 heterocycles. The largest absolute Gasteiger partial charge is 0.393 e. The zero-order valence-electron chi connectivity index (χ0n) is 13.3. The van der Waals surface area contributed by atoms with Crippen molar-refractivity contribution in [2.24, 2.45) is 17.6 Å². The van der Waals surface area contributed by atoms with Crippen molar-refractivity contribution < 1.29 is 4.79 Å².